The van der Waals surface area contributed by atoms with E-state index in [2.05, 4.69) is 21.2 Å². The molecule has 0 heterocycles. The van der Waals surface area contributed by atoms with Crippen LogP contribution in [0.4, 0.5) is 0 Å². The average Bonchev–Trinajstić information content (AvgIpc) is 2.38. The highest BCUT2D eigenvalue weighted by Gasteiger charge is 2.08. The standard InChI is InChI=1S/C13H20BrNO3/c1-3-10(16)4-5-15-8-9-6-11(14)13(17)12(7-9)18-2/h6-7,10,15-17H,3-5,8H2,1-2H3. The van der Waals surface area contributed by atoms with Crippen molar-refractivity contribution in [2.24, 2.45) is 0 Å². The highest BCUT2D eigenvalue weighted by Crippen LogP contribution is 2.35. The quantitative estimate of drug-likeness (QED) is 0.676. The fraction of sp³-hybridized carbons (Fsp3) is 0.538. The van der Waals surface area contributed by atoms with E-state index in [9.17, 15) is 10.2 Å². The normalized spacial score (nSPS) is 12.4. The fourth-order valence-electron chi connectivity index (χ4n) is 1.59. The maximum absolute atomic E-state index is 9.67. The van der Waals surface area contributed by atoms with Gasteiger partial charge in [-0.25, -0.2) is 0 Å². The number of aliphatic hydroxyl groups excluding tert-OH is 1. The van der Waals surface area contributed by atoms with Crippen LogP contribution in [0, 0.1) is 0 Å². The molecule has 4 nitrogen and oxygen atoms in total. The smallest absolute Gasteiger partial charge is 0.172 e. The summed E-state index contributed by atoms with van der Waals surface area (Å²) >= 11 is 3.28. The summed E-state index contributed by atoms with van der Waals surface area (Å²) in [5.41, 5.74) is 1.02. The number of aromatic hydroxyl groups is 1. The van der Waals surface area contributed by atoms with Crippen molar-refractivity contribution in [3.05, 3.63) is 22.2 Å². The largest absolute Gasteiger partial charge is 0.503 e. The second kappa shape index (κ2) is 7.61. The number of ether oxygens (including phenoxy) is 1. The molecule has 5 heteroatoms. The third-order valence-corrected chi connectivity index (χ3v) is 3.37. The predicted octanol–water partition coefficient (Wildman–Crippen LogP) is 2.41. The second-order valence-corrected chi connectivity index (χ2v) is 5.01. The van der Waals surface area contributed by atoms with E-state index >= 15 is 0 Å². The molecule has 1 aromatic carbocycles. The van der Waals surface area contributed by atoms with E-state index in [1.807, 2.05) is 13.0 Å². The van der Waals surface area contributed by atoms with Crippen LogP contribution < -0.4 is 10.1 Å². The van der Waals surface area contributed by atoms with E-state index in [4.69, 9.17) is 4.74 Å². The van der Waals surface area contributed by atoms with Gasteiger partial charge in [0.1, 0.15) is 0 Å². The molecule has 0 saturated carbocycles. The molecular weight excluding hydrogens is 298 g/mol. The number of rotatable bonds is 7. The van der Waals surface area contributed by atoms with Gasteiger partial charge in [-0.3, -0.25) is 0 Å². The van der Waals surface area contributed by atoms with Gasteiger partial charge in [-0.15, -0.1) is 0 Å². The Morgan fingerprint density at radius 1 is 1.44 bits per heavy atom. The van der Waals surface area contributed by atoms with Crippen molar-refractivity contribution in [1.29, 1.82) is 0 Å². The molecule has 0 bridgehead atoms. The van der Waals surface area contributed by atoms with Gasteiger partial charge in [0.2, 0.25) is 0 Å². The summed E-state index contributed by atoms with van der Waals surface area (Å²) in [6.07, 6.45) is 1.28. The zero-order valence-corrected chi connectivity index (χ0v) is 12.3. The molecule has 18 heavy (non-hydrogen) atoms. The lowest BCUT2D eigenvalue weighted by atomic mass is 10.2. The highest BCUT2D eigenvalue weighted by molar-refractivity contribution is 9.10. The van der Waals surface area contributed by atoms with Crippen LogP contribution in [0.15, 0.2) is 16.6 Å². The third kappa shape index (κ3) is 4.48. The van der Waals surface area contributed by atoms with E-state index in [1.54, 1.807) is 6.07 Å². The molecule has 3 N–H and O–H groups in total. The van der Waals surface area contributed by atoms with Crippen LogP contribution in [0.3, 0.4) is 0 Å². The van der Waals surface area contributed by atoms with Gasteiger partial charge >= 0.3 is 0 Å². The lowest BCUT2D eigenvalue weighted by Crippen LogP contribution is -2.19. The molecule has 0 amide bonds. The number of hydrogen-bond donors (Lipinski definition) is 3. The number of phenolic OH excluding ortho intramolecular Hbond substituents is 1. The van der Waals surface area contributed by atoms with Gasteiger partial charge in [-0.1, -0.05) is 6.92 Å². The first-order valence-electron chi connectivity index (χ1n) is 6.02. The van der Waals surface area contributed by atoms with Crippen molar-refractivity contribution in [3.8, 4) is 11.5 Å². The van der Waals surface area contributed by atoms with Crippen LogP contribution in [0.5, 0.6) is 11.5 Å². The van der Waals surface area contributed by atoms with Gasteiger partial charge in [0, 0.05) is 6.54 Å². The number of benzene rings is 1. The van der Waals surface area contributed by atoms with Crippen molar-refractivity contribution >= 4 is 15.9 Å². The van der Waals surface area contributed by atoms with Gasteiger partial charge in [0.15, 0.2) is 11.5 Å². The maximum atomic E-state index is 9.67. The molecule has 0 aliphatic rings. The average molecular weight is 318 g/mol. The molecule has 0 radical (unpaired) electrons. The minimum atomic E-state index is -0.237. The SMILES string of the molecule is CCC(O)CCNCc1cc(Br)c(O)c(OC)c1. The second-order valence-electron chi connectivity index (χ2n) is 4.16. The zero-order chi connectivity index (χ0) is 13.5. The Kier molecular flexibility index (Phi) is 6.46. The zero-order valence-electron chi connectivity index (χ0n) is 10.7. The van der Waals surface area contributed by atoms with Gasteiger partial charge in [0.25, 0.3) is 0 Å². The van der Waals surface area contributed by atoms with Gasteiger partial charge in [-0.05, 0) is 53.0 Å². The molecule has 102 valence electrons. The minimum absolute atomic E-state index is 0.114. The number of halogens is 1. The highest BCUT2D eigenvalue weighted by atomic mass is 79.9. The number of aliphatic hydroxyl groups is 1. The van der Waals surface area contributed by atoms with Crippen LogP contribution in [0.2, 0.25) is 0 Å². The molecule has 1 atom stereocenters. The van der Waals surface area contributed by atoms with E-state index in [1.165, 1.54) is 7.11 Å². The van der Waals surface area contributed by atoms with Crippen molar-refractivity contribution in [3.63, 3.8) is 0 Å². The molecular formula is C13H20BrNO3. The minimum Gasteiger partial charge on any atom is -0.503 e. The van der Waals surface area contributed by atoms with Gasteiger partial charge < -0.3 is 20.3 Å². The van der Waals surface area contributed by atoms with Gasteiger partial charge in [-0.2, -0.15) is 0 Å². The van der Waals surface area contributed by atoms with Gasteiger partial charge in [0.05, 0.1) is 17.7 Å². The Morgan fingerprint density at radius 3 is 2.78 bits per heavy atom. The molecule has 0 spiro atoms. The van der Waals surface area contributed by atoms with Crippen LogP contribution in [0.25, 0.3) is 0 Å². The molecule has 0 aliphatic carbocycles. The summed E-state index contributed by atoms with van der Waals surface area (Å²) in [5.74, 6) is 0.567. The maximum Gasteiger partial charge on any atom is 0.172 e. The number of nitrogens with one attached hydrogen (secondary N) is 1. The Hall–Kier alpha value is -0.780. The van der Waals surface area contributed by atoms with Crippen LogP contribution in [-0.2, 0) is 6.54 Å². The van der Waals surface area contributed by atoms with E-state index in [0.717, 1.165) is 24.9 Å². The lowest BCUT2D eigenvalue weighted by Gasteiger charge is -2.11. The summed E-state index contributed by atoms with van der Waals surface area (Å²) < 4.78 is 5.70. The Labute approximate surface area is 116 Å². The molecule has 0 fully saturated rings. The summed E-state index contributed by atoms with van der Waals surface area (Å²) in [4.78, 5) is 0. The third-order valence-electron chi connectivity index (χ3n) is 2.76. The van der Waals surface area contributed by atoms with E-state index in [-0.39, 0.29) is 11.9 Å². The topological polar surface area (TPSA) is 61.7 Å². The molecule has 1 rings (SSSR count). The van der Waals surface area contributed by atoms with E-state index < -0.39 is 0 Å². The molecule has 1 aromatic rings. The van der Waals surface area contributed by atoms with Crippen molar-refractivity contribution in [2.75, 3.05) is 13.7 Å². The first-order chi connectivity index (χ1) is 8.58. The molecule has 0 aliphatic heterocycles. The Morgan fingerprint density at radius 2 is 2.17 bits per heavy atom. The molecule has 0 aromatic heterocycles. The van der Waals surface area contributed by atoms with Crippen LogP contribution in [0.1, 0.15) is 25.3 Å². The van der Waals surface area contributed by atoms with Crippen LogP contribution in [-0.4, -0.2) is 30.0 Å². The lowest BCUT2D eigenvalue weighted by molar-refractivity contribution is 0.159. The molecule has 1 unspecified atom stereocenters. The number of methoxy groups -OCH3 is 1. The molecule has 0 saturated heterocycles. The fourth-order valence-corrected chi connectivity index (χ4v) is 2.08. The van der Waals surface area contributed by atoms with Crippen molar-refractivity contribution < 1.29 is 14.9 Å². The number of hydrogen-bond acceptors (Lipinski definition) is 4. The Balaban J connectivity index is 2.50. The first-order valence-corrected chi connectivity index (χ1v) is 6.82. The summed E-state index contributed by atoms with van der Waals surface area (Å²) in [6, 6.07) is 3.64. The summed E-state index contributed by atoms with van der Waals surface area (Å²) in [6.45, 7) is 3.40. The Bertz CT molecular complexity index is 385. The van der Waals surface area contributed by atoms with E-state index in [0.29, 0.717) is 16.8 Å². The van der Waals surface area contributed by atoms with Crippen molar-refractivity contribution in [1.82, 2.24) is 5.32 Å². The first kappa shape index (κ1) is 15.3. The van der Waals surface area contributed by atoms with Crippen LogP contribution >= 0.6 is 15.9 Å². The van der Waals surface area contributed by atoms with Crippen molar-refractivity contribution in [2.45, 2.75) is 32.4 Å². The summed E-state index contributed by atoms with van der Waals surface area (Å²) in [5, 5.41) is 22.3. The number of phenols is 1. The summed E-state index contributed by atoms with van der Waals surface area (Å²) in [7, 11) is 1.52. The predicted molar refractivity (Wildman–Crippen MR) is 75.0 cm³/mol. The monoisotopic (exact) mass is 317 g/mol.